The molecule has 1 aliphatic rings. The lowest BCUT2D eigenvalue weighted by molar-refractivity contribution is -0.133. The summed E-state index contributed by atoms with van der Waals surface area (Å²) in [4.78, 5) is 27.0. The van der Waals surface area contributed by atoms with Crippen LogP contribution in [0, 0.1) is 17.2 Å². The Morgan fingerprint density at radius 1 is 1.27 bits per heavy atom. The Labute approximate surface area is 151 Å². The minimum atomic E-state index is -0.259. The van der Waals surface area contributed by atoms with Gasteiger partial charge in [-0.15, -0.1) is 0 Å². The third kappa shape index (κ3) is 3.23. The quantitative estimate of drug-likeness (QED) is 0.835. The van der Waals surface area contributed by atoms with E-state index in [9.17, 15) is 9.59 Å². The van der Waals surface area contributed by atoms with Crippen LogP contribution in [-0.2, 0) is 11.3 Å². The number of nitriles is 1. The van der Waals surface area contributed by atoms with Gasteiger partial charge in [-0.3, -0.25) is 9.59 Å². The molecule has 1 fully saturated rings. The number of hydrogen-bond donors (Lipinski definition) is 0. The van der Waals surface area contributed by atoms with E-state index in [2.05, 4.69) is 6.07 Å². The number of likely N-dealkylation sites (tertiary alicyclic amines) is 1. The molecule has 0 spiro atoms. The molecule has 136 valence electrons. The van der Waals surface area contributed by atoms with Gasteiger partial charge in [0.1, 0.15) is 6.54 Å². The molecule has 7 heteroatoms. The van der Waals surface area contributed by atoms with Crippen molar-refractivity contribution in [2.75, 3.05) is 27.3 Å². The Morgan fingerprint density at radius 3 is 2.77 bits per heavy atom. The number of amides is 1. The van der Waals surface area contributed by atoms with Crippen LogP contribution in [-0.4, -0.2) is 42.7 Å². The highest BCUT2D eigenvalue weighted by Gasteiger charge is 2.24. The zero-order valence-electron chi connectivity index (χ0n) is 14.9. The topological polar surface area (TPSA) is 84.6 Å². The smallest absolute Gasteiger partial charge is 0.259 e. The molecule has 0 saturated carbocycles. The molecule has 1 aromatic heterocycles. The van der Waals surface area contributed by atoms with Crippen LogP contribution in [0.2, 0.25) is 0 Å². The lowest BCUT2D eigenvalue weighted by atomic mass is 10.00. The summed E-state index contributed by atoms with van der Waals surface area (Å²) >= 11 is 0. The van der Waals surface area contributed by atoms with E-state index < -0.39 is 0 Å². The predicted molar refractivity (Wildman–Crippen MR) is 96.2 cm³/mol. The monoisotopic (exact) mass is 355 g/mol. The number of methoxy groups -OCH3 is 2. The van der Waals surface area contributed by atoms with Crippen molar-refractivity contribution in [3.63, 3.8) is 0 Å². The number of ether oxygens (including phenoxy) is 2. The largest absolute Gasteiger partial charge is 0.493 e. The van der Waals surface area contributed by atoms with Gasteiger partial charge >= 0.3 is 0 Å². The number of benzene rings is 1. The van der Waals surface area contributed by atoms with Crippen LogP contribution in [0.1, 0.15) is 12.8 Å². The molecule has 1 saturated heterocycles. The van der Waals surface area contributed by atoms with Gasteiger partial charge in [0.2, 0.25) is 5.91 Å². The van der Waals surface area contributed by atoms with Crippen molar-refractivity contribution in [3.05, 3.63) is 34.7 Å². The van der Waals surface area contributed by atoms with E-state index in [-0.39, 0.29) is 23.9 Å². The number of nitrogens with zero attached hydrogens (tertiary/aromatic N) is 3. The summed E-state index contributed by atoms with van der Waals surface area (Å²) in [6.45, 7) is 1.02. The van der Waals surface area contributed by atoms with Crippen molar-refractivity contribution in [3.8, 4) is 17.6 Å². The standard InChI is InChI=1S/C19H21N3O4/c1-25-16-6-5-15-14(18(16)26-2)7-9-22(19(15)24)12-17(23)21-8-3-4-13(10-20)11-21/h5-7,9,13H,3-4,8,11-12H2,1-2H3. The molecule has 1 atom stereocenters. The summed E-state index contributed by atoms with van der Waals surface area (Å²) < 4.78 is 12.0. The zero-order valence-corrected chi connectivity index (χ0v) is 14.9. The van der Waals surface area contributed by atoms with E-state index in [1.807, 2.05) is 0 Å². The van der Waals surface area contributed by atoms with E-state index >= 15 is 0 Å². The summed E-state index contributed by atoms with van der Waals surface area (Å²) in [5, 5.41) is 10.2. The maximum absolute atomic E-state index is 12.8. The molecule has 26 heavy (non-hydrogen) atoms. The molecule has 1 aliphatic heterocycles. The molecule has 0 N–H and O–H groups in total. The van der Waals surface area contributed by atoms with E-state index in [0.29, 0.717) is 35.4 Å². The van der Waals surface area contributed by atoms with Gasteiger partial charge in [-0.2, -0.15) is 5.26 Å². The van der Waals surface area contributed by atoms with Gasteiger partial charge in [-0.25, -0.2) is 0 Å². The average Bonchev–Trinajstić information content (AvgIpc) is 2.69. The predicted octanol–water partition coefficient (Wildman–Crippen LogP) is 1.78. The first kappa shape index (κ1) is 17.8. The third-order valence-electron chi connectivity index (χ3n) is 4.76. The molecule has 2 aromatic rings. The Balaban J connectivity index is 1.90. The van der Waals surface area contributed by atoms with Gasteiger partial charge in [0.05, 0.1) is 31.6 Å². The molecule has 3 rings (SSSR count). The fraction of sp³-hybridized carbons (Fsp3) is 0.421. The van der Waals surface area contributed by atoms with Gasteiger partial charge in [-0.1, -0.05) is 0 Å². The number of carbonyl (C=O) groups excluding carboxylic acids is 1. The molecule has 2 heterocycles. The van der Waals surface area contributed by atoms with Crippen LogP contribution < -0.4 is 15.0 Å². The molecule has 1 aromatic carbocycles. The number of rotatable bonds is 4. The highest BCUT2D eigenvalue weighted by atomic mass is 16.5. The zero-order chi connectivity index (χ0) is 18.7. The number of pyridine rings is 1. The van der Waals surface area contributed by atoms with E-state index in [1.165, 1.54) is 18.8 Å². The van der Waals surface area contributed by atoms with E-state index in [0.717, 1.165) is 12.8 Å². The second-order valence-electron chi connectivity index (χ2n) is 6.32. The fourth-order valence-electron chi connectivity index (χ4n) is 3.37. The van der Waals surface area contributed by atoms with Crippen LogP contribution in [0.25, 0.3) is 10.8 Å². The van der Waals surface area contributed by atoms with Crippen LogP contribution in [0.4, 0.5) is 0 Å². The molecule has 1 amide bonds. The van der Waals surface area contributed by atoms with Gasteiger partial charge in [0, 0.05) is 24.7 Å². The summed E-state index contributed by atoms with van der Waals surface area (Å²) in [7, 11) is 3.06. The molecule has 0 radical (unpaired) electrons. The molecular formula is C19H21N3O4. The Hall–Kier alpha value is -3.01. The lowest BCUT2D eigenvalue weighted by Gasteiger charge is -2.29. The maximum Gasteiger partial charge on any atom is 0.259 e. The SMILES string of the molecule is COc1ccc2c(=O)n(CC(=O)N3CCCC(C#N)C3)ccc2c1OC. The van der Waals surface area contributed by atoms with Crippen molar-refractivity contribution in [1.82, 2.24) is 9.47 Å². The van der Waals surface area contributed by atoms with Crippen molar-refractivity contribution < 1.29 is 14.3 Å². The average molecular weight is 355 g/mol. The first-order chi connectivity index (χ1) is 12.6. The first-order valence-electron chi connectivity index (χ1n) is 8.50. The summed E-state index contributed by atoms with van der Waals surface area (Å²) in [5.41, 5.74) is -0.259. The first-order valence-corrected chi connectivity index (χ1v) is 8.50. The number of aromatic nitrogens is 1. The van der Waals surface area contributed by atoms with Crippen molar-refractivity contribution >= 4 is 16.7 Å². The van der Waals surface area contributed by atoms with Crippen LogP contribution in [0.5, 0.6) is 11.5 Å². The molecule has 0 bridgehead atoms. The summed E-state index contributed by atoms with van der Waals surface area (Å²) in [6, 6.07) is 7.32. The number of hydrogen-bond acceptors (Lipinski definition) is 5. The van der Waals surface area contributed by atoms with Crippen molar-refractivity contribution in [2.24, 2.45) is 5.92 Å². The second kappa shape index (κ2) is 7.48. The minimum absolute atomic E-state index is 0.0404. The van der Waals surface area contributed by atoms with E-state index in [4.69, 9.17) is 14.7 Å². The maximum atomic E-state index is 12.8. The van der Waals surface area contributed by atoms with Crippen LogP contribution in [0.3, 0.4) is 0 Å². The fourth-order valence-corrected chi connectivity index (χ4v) is 3.37. The highest BCUT2D eigenvalue weighted by molar-refractivity contribution is 5.90. The Bertz CT molecular complexity index is 929. The summed E-state index contributed by atoms with van der Waals surface area (Å²) in [6.07, 6.45) is 3.22. The normalized spacial score (nSPS) is 17.0. The van der Waals surface area contributed by atoms with Gasteiger partial charge in [0.25, 0.3) is 5.56 Å². The van der Waals surface area contributed by atoms with Gasteiger partial charge in [0.15, 0.2) is 11.5 Å². The van der Waals surface area contributed by atoms with E-state index in [1.54, 1.807) is 29.3 Å². The van der Waals surface area contributed by atoms with Crippen LogP contribution >= 0.6 is 0 Å². The van der Waals surface area contributed by atoms with Crippen LogP contribution in [0.15, 0.2) is 29.2 Å². The molecular weight excluding hydrogens is 334 g/mol. The molecule has 7 nitrogen and oxygen atoms in total. The lowest BCUT2D eigenvalue weighted by Crippen LogP contribution is -2.42. The summed E-state index contributed by atoms with van der Waals surface area (Å²) in [5.74, 6) is 0.766. The Morgan fingerprint density at radius 2 is 2.08 bits per heavy atom. The van der Waals surface area contributed by atoms with Crippen molar-refractivity contribution in [1.29, 1.82) is 5.26 Å². The molecule has 0 aliphatic carbocycles. The number of fused-ring (bicyclic) bond motifs is 1. The third-order valence-corrected chi connectivity index (χ3v) is 4.76. The van der Waals surface area contributed by atoms with Crippen molar-refractivity contribution in [2.45, 2.75) is 19.4 Å². The van der Waals surface area contributed by atoms with Gasteiger partial charge in [-0.05, 0) is 31.0 Å². The highest BCUT2D eigenvalue weighted by Crippen LogP contribution is 2.33. The second-order valence-corrected chi connectivity index (χ2v) is 6.32. The van der Waals surface area contributed by atoms with Gasteiger partial charge < -0.3 is 18.9 Å². The Kier molecular flexibility index (Phi) is 5.12. The minimum Gasteiger partial charge on any atom is -0.493 e. The number of carbonyl (C=O) groups is 1. The number of piperidine rings is 1. The molecule has 1 unspecified atom stereocenters.